The Balaban J connectivity index is 2.03. The van der Waals surface area contributed by atoms with Crippen molar-refractivity contribution in [2.75, 3.05) is 26.2 Å². The number of nitrogens with zero attached hydrogens (tertiary/aromatic N) is 1. The van der Waals surface area contributed by atoms with Gasteiger partial charge in [-0.1, -0.05) is 0 Å². The van der Waals surface area contributed by atoms with Crippen LogP contribution < -0.4 is 19.1 Å². The van der Waals surface area contributed by atoms with Gasteiger partial charge < -0.3 is 19.1 Å². The molecule has 1 aliphatic rings. The van der Waals surface area contributed by atoms with Gasteiger partial charge in [0.05, 0.1) is 27.9 Å². The minimum atomic E-state index is -3.96. The third-order valence-electron chi connectivity index (χ3n) is 4.13. The molecule has 26 heavy (non-hydrogen) atoms. The molecule has 0 spiro atoms. The van der Waals surface area contributed by atoms with Gasteiger partial charge in [-0.25, -0.2) is 8.42 Å². The number of carbonyl (C=O) groups is 1. The minimum Gasteiger partial charge on any atom is -0.495 e. The molecule has 9 heteroatoms. The maximum absolute atomic E-state index is 12.8. The van der Waals surface area contributed by atoms with Crippen molar-refractivity contribution >= 4 is 31.3 Å². The van der Waals surface area contributed by atoms with Gasteiger partial charge in [0.1, 0.15) is 10.6 Å². The number of fused-ring (bicyclic) bond motifs is 1. The van der Waals surface area contributed by atoms with Crippen molar-refractivity contribution < 1.29 is 27.4 Å². The van der Waals surface area contributed by atoms with Crippen LogP contribution in [-0.2, 0) is 15.6 Å². The van der Waals surface area contributed by atoms with Gasteiger partial charge in [0.15, 0.2) is 11.5 Å². The number of hydrogen-bond acceptors (Lipinski definition) is 6. The van der Waals surface area contributed by atoms with Crippen LogP contribution in [0.3, 0.4) is 0 Å². The predicted octanol–water partition coefficient (Wildman–Crippen LogP) is 2.80. The van der Waals surface area contributed by atoms with E-state index < -0.39 is 9.05 Å². The Labute approximate surface area is 155 Å². The van der Waals surface area contributed by atoms with Gasteiger partial charge >= 0.3 is 0 Å². The predicted molar refractivity (Wildman–Crippen MR) is 96.1 cm³/mol. The molecule has 0 atom stereocenters. The Hall–Kier alpha value is -2.45. The summed E-state index contributed by atoms with van der Waals surface area (Å²) in [6, 6.07) is 7.67. The molecule has 0 unspecified atom stereocenters. The zero-order chi connectivity index (χ0) is 19.1. The number of hydrogen-bond donors (Lipinski definition) is 0. The highest BCUT2D eigenvalue weighted by Crippen LogP contribution is 2.38. The number of rotatable bonds is 5. The molecule has 138 valence electrons. The van der Waals surface area contributed by atoms with Crippen molar-refractivity contribution in [1.29, 1.82) is 0 Å². The molecular formula is C17H16ClNO6S. The molecule has 0 saturated heterocycles. The van der Waals surface area contributed by atoms with E-state index in [1.165, 1.54) is 44.4 Å². The lowest BCUT2D eigenvalue weighted by atomic mass is 10.1. The van der Waals surface area contributed by atoms with Crippen molar-refractivity contribution in [3.63, 3.8) is 0 Å². The molecule has 7 nitrogen and oxygen atoms in total. The standard InChI is InChI=1S/C17H16ClNO6S/c1-23-13-6-10-9-19(17(20)12(10)8-14(13)24-2)11-4-5-16(26(18,21)22)15(7-11)25-3/h4-8H,9H2,1-3H3. The van der Waals surface area contributed by atoms with Gasteiger partial charge in [-0.3, -0.25) is 4.79 Å². The van der Waals surface area contributed by atoms with E-state index in [0.717, 1.165) is 5.56 Å². The highest BCUT2D eigenvalue weighted by molar-refractivity contribution is 8.13. The van der Waals surface area contributed by atoms with Gasteiger partial charge in [0, 0.05) is 28.0 Å². The number of carbonyl (C=O) groups excluding carboxylic acids is 1. The summed E-state index contributed by atoms with van der Waals surface area (Å²) >= 11 is 0. The van der Waals surface area contributed by atoms with E-state index in [9.17, 15) is 13.2 Å². The molecule has 0 aromatic heterocycles. The summed E-state index contributed by atoms with van der Waals surface area (Å²) in [6.45, 7) is 0.310. The number of halogens is 1. The highest BCUT2D eigenvalue weighted by Gasteiger charge is 2.31. The second-order valence-electron chi connectivity index (χ2n) is 5.53. The lowest BCUT2D eigenvalue weighted by molar-refractivity contribution is 0.0996. The summed E-state index contributed by atoms with van der Waals surface area (Å²) in [7, 11) is 5.80. The number of methoxy groups -OCH3 is 3. The first-order valence-electron chi connectivity index (χ1n) is 7.49. The Morgan fingerprint density at radius 3 is 2.15 bits per heavy atom. The molecule has 0 N–H and O–H groups in total. The Kier molecular flexibility index (Phi) is 4.72. The van der Waals surface area contributed by atoms with E-state index in [0.29, 0.717) is 29.3 Å². The maximum Gasteiger partial charge on any atom is 0.264 e. The van der Waals surface area contributed by atoms with Gasteiger partial charge in [0.25, 0.3) is 15.0 Å². The Morgan fingerprint density at radius 2 is 1.58 bits per heavy atom. The van der Waals surface area contributed by atoms with Crippen molar-refractivity contribution in [2.24, 2.45) is 0 Å². The fourth-order valence-corrected chi connectivity index (χ4v) is 3.87. The maximum atomic E-state index is 12.8. The Morgan fingerprint density at radius 1 is 0.962 bits per heavy atom. The zero-order valence-electron chi connectivity index (χ0n) is 14.3. The first kappa shape index (κ1) is 18.3. The van der Waals surface area contributed by atoms with Gasteiger partial charge in [-0.05, 0) is 29.8 Å². The van der Waals surface area contributed by atoms with Crippen LogP contribution in [0.1, 0.15) is 15.9 Å². The van der Waals surface area contributed by atoms with Crippen LogP contribution in [0, 0.1) is 0 Å². The molecule has 0 radical (unpaired) electrons. The molecule has 0 aliphatic carbocycles. The summed E-state index contributed by atoms with van der Waals surface area (Å²) in [5, 5.41) is 0. The summed E-state index contributed by atoms with van der Waals surface area (Å²) in [4.78, 5) is 14.1. The average Bonchev–Trinajstić information content (AvgIpc) is 2.95. The molecular weight excluding hydrogens is 382 g/mol. The molecule has 3 rings (SSSR count). The summed E-state index contributed by atoms with van der Waals surface area (Å²) in [6.07, 6.45) is 0. The minimum absolute atomic E-state index is 0.0661. The zero-order valence-corrected chi connectivity index (χ0v) is 15.8. The fraction of sp³-hybridized carbons (Fsp3) is 0.235. The Bertz CT molecular complexity index is 989. The van der Waals surface area contributed by atoms with Crippen LogP contribution in [0.5, 0.6) is 17.2 Å². The third-order valence-corrected chi connectivity index (χ3v) is 5.50. The molecule has 1 heterocycles. The number of anilines is 1. The van der Waals surface area contributed by atoms with Crippen LogP contribution in [0.15, 0.2) is 35.2 Å². The van der Waals surface area contributed by atoms with E-state index in [1.807, 2.05) is 0 Å². The van der Waals surface area contributed by atoms with Crippen molar-refractivity contribution in [3.8, 4) is 17.2 Å². The highest BCUT2D eigenvalue weighted by atomic mass is 35.7. The molecule has 2 aromatic carbocycles. The number of benzene rings is 2. The molecule has 2 aromatic rings. The first-order chi connectivity index (χ1) is 12.3. The molecule has 0 fully saturated rings. The van der Waals surface area contributed by atoms with Crippen LogP contribution in [-0.4, -0.2) is 35.7 Å². The smallest absolute Gasteiger partial charge is 0.264 e. The lowest BCUT2D eigenvalue weighted by Gasteiger charge is -2.17. The molecule has 0 saturated carbocycles. The van der Waals surface area contributed by atoms with E-state index in [2.05, 4.69) is 0 Å². The van der Waals surface area contributed by atoms with E-state index in [1.54, 1.807) is 12.1 Å². The largest absolute Gasteiger partial charge is 0.495 e. The SMILES string of the molecule is COc1cc2c(cc1OC)C(=O)N(c1ccc(S(=O)(=O)Cl)c(OC)c1)C2. The molecule has 1 amide bonds. The molecule has 0 bridgehead atoms. The topological polar surface area (TPSA) is 82.1 Å². The van der Waals surface area contributed by atoms with Crippen molar-refractivity contribution in [1.82, 2.24) is 0 Å². The number of amides is 1. The first-order valence-corrected chi connectivity index (χ1v) is 9.80. The quantitative estimate of drug-likeness (QED) is 0.721. The van der Waals surface area contributed by atoms with Gasteiger partial charge in [-0.2, -0.15) is 0 Å². The second kappa shape index (κ2) is 6.69. The molecule has 1 aliphatic heterocycles. The van der Waals surface area contributed by atoms with Crippen LogP contribution >= 0.6 is 10.7 Å². The average molecular weight is 398 g/mol. The van der Waals surface area contributed by atoms with Crippen LogP contribution in [0.4, 0.5) is 5.69 Å². The van der Waals surface area contributed by atoms with E-state index in [-0.39, 0.29) is 16.6 Å². The number of ether oxygens (including phenoxy) is 3. The van der Waals surface area contributed by atoms with E-state index >= 15 is 0 Å². The lowest BCUT2D eigenvalue weighted by Crippen LogP contribution is -2.23. The van der Waals surface area contributed by atoms with Crippen LogP contribution in [0.25, 0.3) is 0 Å². The summed E-state index contributed by atoms with van der Waals surface area (Å²) in [5.74, 6) is 0.825. The summed E-state index contributed by atoms with van der Waals surface area (Å²) < 4.78 is 38.8. The normalized spacial score (nSPS) is 13.5. The van der Waals surface area contributed by atoms with Gasteiger partial charge in [-0.15, -0.1) is 0 Å². The van der Waals surface area contributed by atoms with Crippen molar-refractivity contribution in [2.45, 2.75) is 11.4 Å². The second-order valence-corrected chi connectivity index (χ2v) is 8.06. The van der Waals surface area contributed by atoms with Crippen LogP contribution in [0.2, 0.25) is 0 Å². The van der Waals surface area contributed by atoms with Gasteiger partial charge in [0.2, 0.25) is 0 Å². The monoisotopic (exact) mass is 397 g/mol. The fourth-order valence-electron chi connectivity index (χ4n) is 2.87. The van der Waals surface area contributed by atoms with E-state index in [4.69, 9.17) is 24.9 Å². The third kappa shape index (κ3) is 3.06. The summed E-state index contributed by atoms with van der Waals surface area (Å²) in [5.41, 5.74) is 1.77. The van der Waals surface area contributed by atoms with Crippen molar-refractivity contribution in [3.05, 3.63) is 41.5 Å².